The van der Waals surface area contributed by atoms with Gasteiger partial charge in [0, 0.05) is 19.2 Å². The molecule has 0 aliphatic carbocycles. The minimum atomic E-state index is -0.548. The lowest BCUT2D eigenvalue weighted by Crippen LogP contribution is -2.47. The number of rotatable bonds is 3. The van der Waals surface area contributed by atoms with Gasteiger partial charge in [-0.25, -0.2) is 4.79 Å². The summed E-state index contributed by atoms with van der Waals surface area (Å²) in [6.07, 6.45) is 1.97. The van der Waals surface area contributed by atoms with Crippen molar-refractivity contribution in [2.45, 2.75) is 19.8 Å². The third-order valence-corrected chi connectivity index (χ3v) is 4.50. The number of nitro groups is 1. The molecule has 0 aromatic heterocycles. The van der Waals surface area contributed by atoms with Crippen molar-refractivity contribution in [2.24, 2.45) is 5.92 Å². The van der Waals surface area contributed by atoms with Crippen LogP contribution < -0.4 is 9.64 Å². The number of esters is 1. The average molecular weight is 333 g/mol. The number of nitrogens with zero attached hydrogens (tertiary/aromatic N) is 3. The van der Waals surface area contributed by atoms with E-state index >= 15 is 0 Å². The summed E-state index contributed by atoms with van der Waals surface area (Å²) in [7, 11) is 0. The van der Waals surface area contributed by atoms with Crippen molar-refractivity contribution >= 4 is 23.3 Å². The number of carbonyl (C=O) groups excluding carboxylic acids is 2. The molecule has 2 heterocycles. The maximum absolute atomic E-state index is 12.5. The number of ether oxygens (including phenoxy) is 1. The number of nitro benzene ring substituents is 1. The number of anilines is 1. The quantitative estimate of drug-likeness (QED) is 0.361. The molecule has 128 valence electrons. The average Bonchev–Trinajstić information content (AvgIpc) is 2.54. The van der Waals surface area contributed by atoms with Gasteiger partial charge >= 0.3 is 5.97 Å². The van der Waals surface area contributed by atoms with Gasteiger partial charge in [0.2, 0.25) is 5.91 Å². The Morgan fingerprint density at radius 2 is 2.08 bits per heavy atom. The molecule has 8 heteroatoms. The smallest absolute Gasteiger partial charge is 0.331 e. The molecule has 0 N–H and O–H groups in total. The van der Waals surface area contributed by atoms with Crippen molar-refractivity contribution in [3.63, 3.8) is 0 Å². The second-order valence-electron chi connectivity index (χ2n) is 6.30. The van der Waals surface area contributed by atoms with Crippen LogP contribution in [0.5, 0.6) is 5.75 Å². The summed E-state index contributed by atoms with van der Waals surface area (Å²) in [6, 6.07) is 4.08. The largest absolute Gasteiger partial charge is 0.423 e. The topological polar surface area (TPSA) is 93.0 Å². The van der Waals surface area contributed by atoms with Crippen LogP contribution in [0.2, 0.25) is 0 Å². The van der Waals surface area contributed by atoms with Crippen LogP contribution in [0.1, 0.15) is 19.8 Å². The molecule has 1 amide bonds. The molecule has 1 aromatic rings. The Morgan fingerprint density at radius 1 is 1.38 bits per heavy atom. The summed E-state index contributed by atoms with van der Waals surface area (Å²) in [4.78, 5) is 38.0. The van der Waals surface area contributed by atoms with Gasteiger partial charge in [-0.3, -0.25) is 14.9 Å². The van der Waals surface area contributed by atoms with Crippen molar-refractivity contribution in [2.75, 3.05) is 31.1 Å². The molecule has 0 saturated carbocycles. The highest BCUT2D eigenvalue weighted by atomic mass is 16.6. The maximum Gasteiger partial charge on any atom is 0.331 e. The Bertz CT molecular complexity index is 682. The van der Waals surface area contributed by atoms with Crippen molar-refractivity contribution in [3.8, 4) is 5.75 Å². The molecule has 1 saturated heterocycles. The van der Waals surface area contributed by atoms with Gasteiger partial charge in [-0.2, -0.15) is 0 Å². The van der Waals surface area contributed by atoms with Crippen LogP contribution in [0.25, 0.3) is 0 Å². The lowest BCUT2D eigenvalue weighted by Gasteiger charge is -2.34. The molecule has 0 spiro atoms. The summed E-state index contributed by atoms with van der Waals surface area (Å²) in [6.45, 7) is 3.65. The van der Waals surface area contributed by atoms with Crippen LogP contribution >= 0.6 is 0 Å². The molecular weight excluding hydrogens is 314 g/mol. The lowest BCUT2D eigenvalue weighted by atomic mass is 9.99. The van der Waals surface area contributed by atoms with Gasteiger partial charge in [-0.15, -0.1) is 0 Å². The fraction of sp³-hybridized carbons (Fsp3) is 0.500. The molecule has 1 aromatic carbocycles. The highest BCUT2D eigenvalue weighted by molar-refractivity contribution is 5.89. The van der Waals surface area contributed by atoms with E-state index in [4.69, 9.17) is 4.74 Å². The number of amides is 1. The van der Waals surface area contributed by atoms with Crippen LogP contribution in [0.4, 0.5) is 11.4 Å². The van der Waals surface area contributed by atoms with Crippen molar-refractivity contribution < 1.29 is 19.2 Å². The molecular formula is C16H19N3O5. The number of carbonyl (C=O) groups is 2. The maximum atomic E-state index is 12.5. The Balaban J connectivity index is 1.76. The fourth-order valence-electron chi connectivity index (χ4n) is 3.02. The zero-order chi connectivity index (χ0) is 17.3. The van der Waals surface area contributed by atoms with E-state index < -0.39 is 10.9 Å². The Labute approximate surface area is 139 Å². The zero-order valence-electron chi connectivity index (χ0n) is 13.4. The van der Waals surface area contributed by atoms with Crippen LogP contribution in [-0.4, -0.2) is 47.9 Å². The highest BCUT2D eigenvalue weighted by Gasteiger charge is 2.29. The van der Waals surface area contributed by atoms with E-state index in [1.54, 1.807) is 4.90 Å². The summed E-state index contributed by atoms with van der Waals surface area (Å²) in [5.74, 6) is 0.185. The van der Waals surface area contributed by atoms with Gasteiger partial charge in [-0.05, 0) is 24.8 Å². The summed E-state index contributed by atoms with van der Waals surface area (Å²) in [5.41, 5.74) is 0.374. The SMILES string of the molecule is CC1CCN(C(=O)CN2CC(=O)Oc3cc([N+](=O)[O-])ccc32)CC1. The number of non-ortho nitro benzene ring substituents is 1. The molecule has 2 aliphatic heterocycles. The van der Waals surface area contributed by atoms with Gasteiger partial charge in [0.15, 0.2) is 5.75 Å². The minimum absolute atomic E-state index is 0.0408. The van der Waals surface area contributed by atoms with E-state index in [2.05, 4.69) is 6.92 Å². The van der Waals surface area contributed by atoms with Gasteiger partial charge in [0.1, 0.15) is 6.54 Å². The number of benzene rings is 1. The van der Waals surface area contributed by atoms with E-state index in [-0.39, 0.29) is 30.4 Å². The van der Waals surface area contributed by atoms with E-state index in [0.29, 0.717) is 11.6 Å². The number of piperidine rings is 1. The van der Waals surface area contributed by atoms with E-state index in [1.807, 2.05) is 4.90 Å². The van der Waals surface area contributed by atoms with Crippen LogP contribution in [0, 0.1) is 16.0 Å². The second kappa shape index (κ2) is 6.46. The molecule has 0 radical (unpaired) electrons. The molecule has 0 unspecified atom stereocenters. The molecule has 0 atom stereocenters. The first kappa shape index (κ1) is 16.2. The lowest BCUT2D eigenvalue weighted by molar-refractivity contribution is -0.384. The Kier molecular flexibility index (Phi) is 4.37. The Hall–Kier alpha value is -2.64. The van der Waals surface area contributed by atoms with Crippen molar-refractivity contribution in [3.05, 3.63) is 28.3 Å². The van der Waals surface area contributed by atoms with Gasteiger partial charge < -0.3 is 14.5 Å². The number of fused-ring (bicyclic) bond motifs is 1. The van der Waals surface area contributed by atoms with Crippen molar-refractivity contribution in [1.29, 1.82) is 0 Å². The highest BCUT2D eigenvalue weighted by Crippen LogP contribution is 2.35. The standard InChI is InChI=1S/C16H19N3O5/c1-11-4-6-17(7-5-11)15(20)9-18-10-16(21)24-14-8-12(19(22)23)2-3-13(14)18/h2-3,8,11H,4-7,9-10H2,1H3. The van der Waals surface area contributed by atoms with Gasteiger partial charge in [0.05, 0.1) is 23.2 Å². The number of hydrogen-bond acceptors (Lipinski definition) is 6. The molecule has 3 rings (SSSR count). The monoisotopic (exact) mass is 333 g/mol. The summed E-state index contributed by atoms with van der Waals surface area (Å²) in [5, 5.41) is 10.9. The normalized spacial score (nSPS) is 18.1. The predicted octanol–water partition coefficient (Wildman–Crippen LogP) is 1.58. The van der Waals surface area contributed by atoms with E-state index in [0.717, 1.165) is 25.9 Å². The first-order valence-electron chi connectivity index (χ1n) is 7.96. The molecule has 24 heavy (non-hydrogen) atoms. The molecule has 1 fully saturated rings. The minimum Gasteiger partial charge on any atom is -0.423 e. The number of likely N-dealkylation sites (tertiary alicyclic amines) is 1. The first-order chi connectivity index (χ1) is 11.4. The molecule has 8 nitrogen and oxygen atoms in total. The van der Waals surface area contributed by atoms with Crippen LogP contribution in [0.15, 0.2) is 18.2 Å². The number of hydrogen-bond donors (Lipinski definition) is 0. The fourth-order valence-corrected chi connectivity index (χ4v) is 3.02. The van der Waals surface area contributed by atoms with E-state index in [9.17, 15) is 19.7 Å². The predicted molar refractivity (Wildman–Crippen MR) is 85.9 cm³/mol. The molecule has 0 bridgehead atoms. The third-order valence-electron chi connectivity index (χ3n) is 4.50. The Morgan fingerprint density at radius 3 is 2.75 bits per heavy atom. The van der Waals surface area contributed by atoms with Crippen LogP contribution in [0.3, 0.4) is 0 Å². The summed E-state index contributed by atoms with van der Waals surface area (Å²) >= 11 is 0. The zero-order valence-corrected chi connectivity index (χ0v) is 13.4. The van der Waals surface area contributed by atoms with Crippen molar-refractivity contribution in [1.82, 2.24) is 4.90 Å². The van der Waals surface area contributed by atoms with Crippen LogP contribution in [-0.2, 0) is 9.59 Å². The second-order valence-corrected chi connectivity index (χ2v) is 6.30. The third kappa shape index (κ3) is 3.32. The van der Waals surface area contributed by atoms with Gasteiger partial charge in [0.25, 0.3) is 5.69 Å². The summed E-state index contributed by atoms with van der Waals surface area (Å²) < 4.78 is 5.08. The van der Waals surface area contributed by atoms with E-state index in [1.165, 1.54) is 18.2 Å². The van der Waals surface area contributed by atoms with Gasteiger partial charge in [-0.1, -0.05) is 6.92 Å². The first-order valence-corrected chi connectivity index (χ1v) is 7.96. The molecule has 2 aliphatic rings.